The van der Waals surface area contributed by atoms with Crippen LogP contribution in [0.2, 0.25) is 0 Å². The maximum atomic E-state index is 11.0. The van der Waals surface area contributed by atoms with Gasteiger partial charge in [-0.25, -0.2) is 0 Å². The molecular weight excluding hydrogens is 296 g/mol. The second-order valence-corrected chi connectivity index (χ2v) is 5.39. The van der Waals surface area contributed by atoms with Crippen LogP contribution in [-0.4, -0.2) is 23.6 Å². The van der Waals surface area contributed by atoms with Gasteiger partial charge in [-0.3, -0.25) is 4.79 Å². The van der Waals surface area contributed by atoms with E-state index in [1.54, 1.807) is 6.07 Å². The van der Waals surface area contributed by atoms with Crippen molar-refractivity contribution >= 4 is 22.2 Å². The highest BCUT2D eigenvalue weighted by atomic mass is 79.9. The Morgan fingerprint density at radius 3 is 2.50 bits per heavy atom. The molecule has 0 radical (unpaired) electrons. The molecule has 18 heavy (non-hydrogen) atoms. The first-order valence-electron chi connectivity index (χ1n) is 6.06. The quantitative estimate of drug-likeness (QED) is 0.817. The minimum absolute atomic E-state index is 0.198. The number of carbonyl (C=O) groups excluding carboxylic acids is 1. The van der Waals surface area contributed by atoms with E-state index in [1.165, 1.54) is 0 Å². The lowest BCUT2D eigenvalue weighted by Gasteiger charge is -2.26. The number of hydrogen-bond donors (Lipinski definition) is 1. The lowest BCUT2D eigenvalue weighted by molar-refractivity contribution is -0.0116. The first-order chi connectivity index (χ1) is 8.45. The lowest BCUT2D eigenvalue weighted by Crippen LogP contribution is -2.34. The third kappa shape index (κ3) is 3.56. The van der Waals surface area contributed by atoms with Gasteiger partial charge in [-0.2, -0.15) is 0 Å². The number of benzene rings is 1. The molecule has 0 saturated carbocycles. The van der Waals surface area contributed by atoms with Crippen LogP contribution in [0.1, 0.15) is 42.6 Å². The van der Waals surface area contributed by atoms with E-state index >= 15 is 0 Å². The molecule has 0 aliphatic carbocycles. The van der Waals surface area contributed by atoms with Gasteiger partial charge >= 0.3 is 0 Å². The first kappa shape index (κ1) is 15.2. The third-order valence-corrected chi connectivity index (χ3v) is 3.65. The highest BCUT2D eigenvalue weighted by Gasteiger charge is 2.24. The van der Waals surface area contributed by atoms with Crippen LogP contribution in [0.5, 0.6) is 5.75 Å². The Labute approximate surface area is 116 Å². The van der Waals surface area contributed by atoms with Crippen molar-refractivity contribution in [3.63, 3.8) is 0 Å². The van der Waals surface area contributed by atoms with Crippen molar-refractivity contribution in [2.45, 2.75) is 39.2 Å². The highest BCUT2D eigenvalue weighted by Crippen LogP contribution is 2.28. The zero-order chi connectivity index (χ0) is 13.8. The fourth-order valence-electron chi connectivity index (χ4n) is 1.70. The molecule has 1 rings (SSSR count). The van der Waals surface area contributed by atoms with Crippen molar-refractivity contribution in [1.29, 1.82) is 0 Å². The minimum atomic E-state index is -0.834. The van der Waals surface area contributed by atoms with E-state index in [2.05, 4.69) is 15.9 Å². The molecule has 0 aliphatic rings. The van der Waals surface area contributed by atoms with E-state index < -0.39 is 5.60 Å². The summed E-state index contributed by atoms with van der Waals surface area (Å²) in [5, 5.41) is 10.2. The number of ether oxygens (including phenoxy) is 1. The Hall–Kier alpha value is -0.870. The summed E-state index contributed by atoms with van der Waals surface area (Å²) >= 11 is 3.34. The van der Waals surface area contributed by atoms with Gasteiger partial charge in [0.1, 0.15) is 12.4 Å². The second-order valence-electron chi connectivity index (χ2n) is 4.48. The SMILES string of the molecule is CCC(O)(CC)COc1c(C)cc(Br)cc1C=O. The van der Waals surface area contributed by atoms with Crippen LogP contribution >= 0.6 is 15.9 Å². The van der Waals surface area contributed by atoms with Gasteiger partial charge in [-0.1, -0.05) is 29.8 Å². The Kier molecular flexibility index (Phi) is 5.35. The number of aryl methyl sites for hydroxylation is 1. The number of rotatable bonds is 6. The van der Waals surface area contributed by atoms with Crippen LogP contribution in [0, 0.1) is 6.92 Å². The first-order valence-corrected chi connectivity index (χ1v) is 6.85. The zero-order valence-electron chi connectivity index (χ0n) is 11.0. The standard InChI is InChI=1S/C14H19BrO3/c1-4-14(17,5-2)9-18-13-10(3)6-12(15)7-11(13)8-16/h6-8,17H,4-5,9H2,1-3H3. The van der Waals surface area contributed by atoms with Crippen LogP contribution < -0.4 is 4.74 Å². The van der Waals surface area contributed by atoms with E-state index in [0.29, 0.717) is 24.2 Å². The molecule has 100 valence electrons. The fraction of sp³-hybridized carbons (Fsp3) is 0.500. The summed E-state index contributed by atoms with van der Waals surface area (Å²) in [5.41, 5.74) is 0.539. The number of halogens is 1. The van der Waals surface area contributed by atoms with Gasteiger partial charge in [0.2, 0.25) is 0 Å². The fourth-order valence-corrected chi connectivity index (χ4v) is 2.29. The van der Waals surface area contributed by atoms with Crippen molar-refractivity contribution < 1.29 is 14.6 Å². The highest BCUT2D eigenvalue weighted by molar-refractivity contribution is 9.10. The Balaban J connectivity index is 2.94. The third-order valence-electron chi connectivity index (χ3n) is 3.20. The maximum absolute atomic E-state index is 11.0. The summed E-state index contributed by atoms with van der Waals surface area (Å²) in [7, 11) is 0. The molecule has 0 fully saturated rings. The van der Waals surface area contributed by atoms with Gasteiger partial charge in [-0.05, 0) is 37.5 Å². The van der Waals surface area contributed by atoms with Crippen LogP contribution in [0.4, 0.5) is 0 Å². The second kappa shape index (κ2) is 6.34. The number of carbonyl (C=O) groups is 1. The van der Waals surface area contributed by atoms with E-state index in [9.17, 15) is 9.90 Å². The molecule has 0 aromatic heterocycles. The number of aliphatic hydroxyl groups is 1. The minimum Gasteiger partial charge on any atom is -0.490 e. The van der Waals surface area contributed by atoms with Crippen molar-refractivity contribution in [2.24, 2.45) is 0 Å². The normalized spacial score (nSPS) is 11.4. The van der Waals surface area contributed by atoms with Crippen molar-refractivity contribution in [2.75, 3.05) is 6.61 Å². The number of aldehydes is 1. The monoisotopic (exact) mass is 314 g/mol. The Morgan fingerprint density at radius 2 is 2.00 bits per heavy atom. The topological polar surface area (TPSA) is 46.5 Å². The van der Waals surface area contributed by atoms with Gasteiger partial charge in [0, 0.05) is 4.47 Å². The summed E-state index contributed by atoms with van der Waals surface area (Å²) < 4.78 is 6.50. The Morgan fingerprint density at radius 1 is 1.39 bits per heavy atom. The van der Waals surface area contributed by atoms with Crippen LogP contribution in [0.15, 0.2) is 16.6 Å². The molecule has 1 aromatic rings. The summed E-state index contributed by atoms with van der Waals surface area (Å²) in [4.78, 5) is 11.0. The van der Waals surface area contributed by atoms with Gasteiger partial charge in [0.05, 0.1) is 11.2 Å². The molecule has 4 heteroatoms. The summed E-state index contributed by atoms with van der Waals surface area (Å²) in [6.45, 7) is 5.91. The van der Waals surface area contributed by atoms with E-state index in [-0.39, 0.29) is 6.61 Å². The van der Waals surface area contributed by atoms with Crippen LogP contribution in [0.25, 0.3) is 0 Å². The lowest BCUT2D eigenvalue weighted by atomic mass is 9.99. The molecular formula is C14H19BrO3. The van der Waals surface area contributed by atoms with Crippen molar-refractivity contribution in [1.82, 2.24) is 0 Å². The van der Waals surface area contributed by atoms with Crippen molar-refractivity contribution in [3.05, 3.63) is 27.7 Å². The molecule has 0 aliphatic heterocycles. The van der Waals surface area contributed by atoms with Gasteiger partial charge in [0.25, 0.3) is 0 Å². The van der Waals surface area contributed by atoms with Crippen molar-refractivity contribution in [3.8, 4) is 5.75 Å². The summed E-state index contributed by atoms with van der Waals surface area (Å²) in [5.74, 6) is 0.550. The molecule has 0 saturated heterocycles. The smallest absolute Gasteiger partial charge is 0.153 e. The van der Waals surface area contributed by atoms with E-state index in [0.717, 1.165) is 16.3 Å². The predicted octanol–water partition coefficient (Wildman–Crippen LogP) is 3.50. The maximum Gasteiger partial charge on any atom is 0.153 e. The van der Waals surface area contributed by atoms with Crippen LogP contribution in [-0.2, 0) is 0 Å². The zero-order valence-corrected chi connectivity index (χ0v) is 12.6. The molecule has 0 bridgehead atoms. The van der Waals surface area contributed by atoms with E-state index in [4.69, 9.17) is 4.74 Å². The van der Waals surface area contributed by atoms with Crippen LogP contribution in [0.3, 0.4) is 0 Å². The molecule has 3 nitrogen and oxygen atoms in total. The molecule has 0 heterocycles. The summed E-state index contributed by atoms with van der Waals surface area (Å²) in [6.07, 6.45) is 2.01. The largest absolute Gasteiger partial charge is 0.490 e. The molecule has 1 N–H and O–H groups in total. The van der Waals surface area contributed by atoms with E-state index in [1.807, 2.05) is 26.8 Å². The molecule has 0 unspecified atom stereocenters. The van der Waals surface area contributed by atoms with Gasteiger partial charge in [0.15, 0.2) is 6.29 Å². The molecule has 1 aromatic carbocycles. The molecule has 0 spiro atoms. The predicted molar refractivity (Wildman–Crippen MR) is 75.3 cm³/mol. The number of hydrogen-bond acceptors (Lipinski definition) is 3. The Bertz CT molecular complexity index is 425. The molecule has 0 atom stereocenters. The average Bonchev–Trinajstić information content (AvgIpc) is 2.36. The van der Waals surface area contributed by atoms with Gasteiger partial charge in [-0.15, -0.1) is 0 Å². The molecule has 0 amide bonds. The van der Waals surface area contributed by atoms with Gasteiger partial charge < -0.3 is 9.84 Å². The summed E-state index contributed by atoms with van der Waals surface area (Å²) in [6, 6.07) is 3.60. The average molecular weight is 315 g/mol.